The van der Waals surface area contributed by atoms with E-state index in [4.69, 9.17) is 0 Å². The van der Waals surface area contributed by atoms with Crippen LogP contribution in [0.4, 0.5) is 8.78 Å². The third-order valence-corrected chi connectivity index (χ3v) is 1.54. The summed E-state index contributed by atoms with van der Waals surface area (Å²) in [7, 11) is 3.62. The van der Waals surface area contributed by atoms with Crippen molar-refractivity contribution in [3.05, 3.63) is 0 Å². The van der Waals surface area contributed by atoms with E-state index in [0.717, 1.165) is 0 Å². The van der Waals surface area contributed by atoms with Crippen LogP contribution < -0.4 is 0 Å². The average Bonchev–Trinajstić information content (AvgIpc) is 1.84. The van der Waals surface area contributed by atoms with Crippen LogP contribution in [-0.4, -0.2) is 31.5 Å². The lowest BCUT2D eigenvalue weighted by Crippen LogP contribution is -2.24. The summed E-state index contributed by atoms with van der Waals surface area (Å²) in [4.78, 5) is 1.78. The molecule has 0 aliphatic rings. The monoisotopic (exact) mass is 165 g/mol. The van der Waals surface area contributed by atoms with Crippen LogP contribution in [0.2, 0.25) is 0 Å². The van der Waals surface area contributed by atoms with Crippen molar-refractivity contribution in [2.45, 2.75) is 32.1 Å². The number of halogens is 2. The maximum atomic E-state index is 12.8. The fourth-order valence-electron chi connectivity index (χ4n) is 0.878. The van der Waals surface area contributed by atoms with Crippen LogP contribution in [0, 0.1) is 0 Å². The van der Waals surface area contributed by atoms with E-state index in [1.165, 1.54) is 0 Å². The highest BCUT2D eigenvalue weighted by Crippen LogP contribution is 2.23. The molecule has 1 nitrogen and oxygen atoms in total. The molecule has 68 valence electrons. The van der Waals surface area contributed by atoms with Gasteiger partial charge in [-0.1, -0.05) is 13.3 Å². The van der Waals surface area contributed by atoms with Crippen LogP contribution in [0.25, 0.3) is 0 Å². The second kappa shape index (κ2) is 4.65. The predicted molar refractivity (Wildman–Crippen MR) is 43.0 cm³/mol. The quantitative estimate of drug-likeness (QED) is 0.604. The zero-order chi connectivity index (χ0) is 8.91. The first-order chi connectivity index (χ1) is 4.98. The number of rotatable bonds is 5. The van der Waals surface area contributed by atoms with Crippen molar-refractivity contribution in [3.63, 3.8) is 0 Å². The van der Waals surface area contributed by atoms with Gasteiger partial charge in [0.05, 0.1) is 0 Å². The summed E-state index contributed by atoms with van der Waals surface area (Å²) < 4.78 is 25.5. The Bertz CT molecular complexity index is 102. The molecule has 0 unspecified atom stereocenters. The molecule has 0 aromatic rings. The summed E-state index contributed by atoms with van der Waals surface area (Å²) in [5.41, 5.74) is 0. The molecular formula is C8H17F2N. The largest absolute Gasteiger partial charge is 0.309 e. The molecule has 0 bridgehead atoms. The molecule has 11 heavy (non-hydrogen) atoms. The molecule has 0 atom stereocenters. The van der Waals surface area contributed by atoms with Crippen LogP contribution in [0.3, 0.4) is 0 Å². The molecule has 0 aromatic carbocycles. The first kappa shape index (κ1) is 10.8. The molecule has 0 aliphatic carbocycles. The number of hydrogen-bond donors (Lipinski definition) is 0. The van der Waals surface area contributed by atoms with E-state index >= 15 is 0 Å². The van der Waals surface area contributed by atoms with E-state index < -0.39 is 5.92 Å². The molecular weight excluding hydrogens is 148 g/mol. The second-order valence-electron chi connectivity index (χ2n) is 3.16. The van der Waals surface area contributed by atoms with Gasteiger partial charge in [-0.15, -0.1) is 0 Å². The minimum Gasteiger partial charge on any atom is -0.309 e. The van der Waals surface area contributed by atoms with Gasteiger partial charge in [-0.2, -0.15) is 0 Å². The highest BCUT2D eigenvalue weighted by atomic mass is 19.3. The Labute approximate surface area is 67.4 Å². The minimum absolute atomic E-state index is 0.0147. The van der Waals surface area contributed by atoms with Crippen molar-refractivity contribution in [1.82, 2.24) is 4.90 Å². The van der Waals surface area contributed by atoms with Crippen molar-refractivity contribution >= 4 is 0 Å². The third-order valence-electron chi connectivity index (χ3n) is 1.54. The number of nitrogens with zero attached hydrogens (tertiary/aromatic N) is 1. The number of hydrogen-bond acceptors (Lipinski definition) is 1. The SMILES string of the molecule is CCCC(F)(F)CCN(C)C. The van der Waals surface area contributed by atoms with Crippen LogP contribution in [0.5, 0.6) is 0 Å². The molecule has 0 amide bonds. The van der Waals surface area contributed by atoms with Crippen molar-refractivity contribution in [2.24, 2.45) is 0 Å². The van der Waals surface area contributed by atoms with Crippen molar-refractivity contribution in [3.8, 4) is 0 Å². The zero-order valence-corrected chi connectivity index (χ0v) is 7.53. The Morgan fingerprint density at radius 1 is 1.18 bits per heavy atom. The first-order valence-electron chi connectivity index (χ1n) is 4.00. The predicted octanol–water partition coefficient (Wildman–Crippen LogP) is 2.37. The van der Waals surface area contributed by atoms with Gasteiger partial charge in [0.15, 0.2) is 0 Å². The second-order valence-corrected chi connectivity index (χ2v) is 3.16. The lowest BCUT2D eigenvalue weighted by atomic mass is 10.1. The minimum atomic E-state index is -2.46. The lowest BCUT2D eigenvalue weighted by molar-refractivity contribution is -0.0217. The summed E-state index contributed by atoms with van der Waals surface area (Å²) in [6.45, 7) is 2.25. The van der Waals surface area contributed by atoms with Crippen molar-refractivity contribution in [1.29, 1.82) is 0 Å². The van der Waals surface area contributed by atoms with Crippen molar-refractivity contribution in [2.75, 3.05) is 20.6 Å². The standard InChI is InChI=1S/C8H17F2N/c1-4-5-8(9,10)6-7-11(2)3/h4-7H2,1-3H3. The normalized spacial score (nSPS) is 12.5. The molecule has 0 saturated carbocycles. The van der Waals surface area contributed by atoms with Gasteiger partial charge in [0.1, 0.15) is 0 Å². The molecule has 0 rings (SSSR count). The van der Waals surface area contributed by atoms with Gasteiger partial charge in [0.2, 0.25) is 5.92 Å². The van der Waals surface area contributed by atoms with Crippen molar-refractivity contribution < 1.29 is 8.78 Å². The van der Waals surface area contributed by atoms with E-state index in [2.05, 4.69) is 0 Å². The average molecular weight is 165 g/mol. The van der Waals surface area contributed by atoms with E-state index in [-0.39, 0.29) is 12.8 Å². The topological polar surface area (TPSA) is 3.24 Å². The number of alkyl halides is 2. The van der Waals surface area contributed by atoms with Crippen LogP contribution in [0.15, 0.2) is 0 Å². The molecule has 0 spiro atoms. The Morgan fingerprint density at radius 2 is 1.73 bits per heavy atom. The van der Waals surface area contributed by atoms with Gasteiger partial charge in [0, 0.05) is 19.4 Å². The summed E-state index contributed by atoms with van der Waals surface area (Å²) >= 11 is 0. The van der Waals surface area contributed by atoms with Gasteiger partial charge in [0.25, 0.3) is 0 Å². The molecule has 0 aliphatic heterocycles. The molecule has 0 fully saturated rings. The van der Waals surface area contributed by atoms with E-state index in [1.807, 2.05) is 14.1 Å². The smallest absolute Gasteiger partial charge is 0.249 e. The van der Waals surface area contributed by atoms with Gasteiger partial charge >= 0.3 is 0 Å². The molecule has 0 heterocycles. The van der Waals surface area contributed by atoms with Gasteiger partial charge in [-0.25, -0.2) is 8.78 Å². The van der Waals surface area contributed by atoms with Gasteiger partial charge < -0.3 is 4.90 Å². The summed E-state index contributed by atoms with van der Waals surface area (Å²) in [6.07, 6.45) is 0.551. The Morgan fingerprint density at radius 3 is 2.09 bits per heavy atom. The molecule has 0 radical (unpaired) electrons. The Balaban J connectivity index is 3.54. The maximum Gasteiger partial charge on any atom is 0.249 e. The van der Waals surface area contributed by atoms with Gasteiger partial charge in [-0.05, 0) is 14.1 Å². The maximum absolute atomic E-state index is 12.8. The van der Waals surface area contributed by atoms with Crippen LogP contribution in [-0.2, 0) is 0 Å². The van der Waals surface area contributed by atoms with Crippen LogP contribution in [0.1, 0.15) is 26.2 Å². The zero-order valence-electron chi connectivity index (χ0n) is 7.53. The third kappa shape index (κ3) is 6.23. The fraction of sp³-hybridized carbons (Fsp3) is 1.00. The highest BCUT2D eigenvalue weighted by Gasteiger charge is 2.26. The van der Waals surface area contributed by atoms with Crippen LogP contribution >= 0.6 is 0 Å². The molecule has 3 heteroatoms. The first-order valence-corrected chi connectivity index (χ1v) is 4.00. The molecule has 0 N–H and O–H groups in total. The summed E-state index contributed by atoms with van der Waals surface area (Å²) in [5.74, 6) is -2.46. The van der Waals surface area contributed by atoms with E-state index in [0.29, 0.717) is 13.0 Å². The highest BCUT2D eigenvalue weighted by molar-refractivity contribution is 4.66. The van der Waals surface area contributed by atoms with E-state index in [9.17, 15) is 8.78 Å². The van der Waals surface area contributed by atoms with E-state index in [1.54, 1.807) is 11.8 Å². The molecule has 0 aromatic heterocycles. The Hall–Kier alpha value is -0.180. The van der Waals surface area contributed by atoms with Gasteiger partial charge in [-0.3, -0.25) is 0 Å². The fourth-order valence-corrected chi connectivity index (χ4v) is 0.878. The summed E-state index contributed by atoms with van der Waals surface area (Å²) in [6, 6.07) is 0. The summed E-state index contributed by atoms with van der Waals surface area (Å²) in [5, 5.41) is 0. The molecule has 0 saturated heterocycles. The lowest BCUT2D eigenvalue weighted by Gasteiger charge is -2.17. The Kier molecular flexibility index (Phi) is 4.57.